The molecule has 0 saturated carbocycles. The first-order valence-corrected chi connectivity index (χ1v) is 8.92. The lowest BCUT2D eigenvalue weighted by atomic mass is 9.97. The minimum Gasteiger partial charge on any atom is -0.466 e. The first-order chi connectivity index (χ1) is 13.0. The quantitative estimate of drug-likeness (QED) is 0.719. The number of amides is 1. The van der Waals surface area contributed by atoms with Gasteiger partial charge in [0.25, 0.3) is 5.91 Å². The van der Waals surface area contributed by atoms with Gasteiger partial charge in [-0.1, -0.05) is 0 Å². The SMILES string of the molecule is CCOC(=O)C1CCN(C(=O)COC(=O)c2c(C)nn3cccnc23)CC1. The van der Waals surface area contributed by atoms with Crippen LogP contribution in [0.4, 0.5) is 0 Å². The van der Waals surface area contributed by atoms with Gasteiger partial charge >= 0.3 is 11.9 Å². The van der Waals surface area contributed by atoms with E-state index < -0.39 is 5.97 Å². The summed E-state index contributed by atoms with van der Waals surface area (Å²) in [4.78, 5) is 42.2. The molecular weight excluding hydrogens is 352 g/mol. The number of carbonyl (C=O) groups is 3. The molecule has 9 heteroatoms. The molecule has 27 heavy (non-hydrogen) atoms. The van der Waals surface area contributed by atoms with Gasteiger partial charge in [0.15, 0.2) is 12.3 Å². The lowest BCUT2D eigenvalue weighted by Gasteiger charge is -2.30. The summed E-state index contributed by atoms with van der Waals surface area (Å²) in [5.41, 5.74) is 1.13. The highest BCUT2D eigenvalue weighted by molar-refractivity contribution is 5.98. The van der Waals surface area contributed by atoms with Crippen molar-refractivity contribution in [3.8, 4) is 0 Å². The third-order valence-corrected chi connectivity index (χ3v) is 4.57. The van der Waals surface area contributed by atoms with E-state index in [0.717, 1.165) is 0 Å². The number of hydrogen-bond donors (Lipinski definition) is 0. The van der Waals surface area contributed by atoms with Crippen LogP contribution in [0.5, 0.6) is 0 Å². The van der Waals surface area contributed by atoms with Crippen LogP contribution in [-0.4, -0.2) is 63.6 Å². The standard InChI is InChI=1S/C18H22N4O5/c1-3-26-17(24)13-5-9-21(10-6-13)14(23)11-27-18(25)15-12(2)20-22-8-4-7-19-16(15)22/h4,7-8,13H,3,5-6,9-11H2,1-2H3. The van der Waals surface area contributed by atoms with Gasteiger partial charge in [0, 0.05) is 25.5 Å². The summed E-state index contributed by atoms with van der Waals surface area (Å²) in [6, 6.07) is 1.71. The molecule has 0 aromatic carbocycles. The van der Waals surface area contributed by atoms with Crippen LogP contribution in [0.25, 0.3) is 5.65 Å². The number of hydrogen-bond acceptors (Lipinski definition) is 7. The van der Waals surface area contributed by atoms with Crippen LogP contribution in [-0.2, 0) is 19.1 Å². The number of aromatic nitrogens is 3. The van der Waals surface area contributed by atoms with Crippen molar-refractivity contribution >= 4 is 23.5 Å². The number of piperidine rings is 1. The number of nitrogens with zero attached hydrogens (tertiary/aromatic N) is 4. The number of likely N-dealkylation sites (tertiary alicyclic amines) is 1. The molecule has 0 bridgehead atoms. The maximum atomic E-state index is 12.4. The Balaban J connectivity index is 1.54. The minimum absolute atomic E-state index is 0.177. The molecular formula is C18H22N4O5. The molecule has 0 atom stereocenters. The fraction of sp³-hybridized carbons (Fsp3) is 0.500. The van der Waals surface area contributed by atoms with Gasteiger partial charge in [-0.25, -0.2) is 14.3 Å². The van der Waals surface area contributed by atoms with E-state index in [9.17, 15) is 14.4 Å². The highest BCUT2D eigenvalue weighted by Crippen LogP contribution is 2.19. The molecule has 0 unspecified atom stereocenters. The summed E-state index contributed by atoms with van der Waals surface area (Å²) in [7, 11) is 0. The zero-order valence-corrected chi connectivity index (χ0v) is 15.4. The van der Waals surface area contributed by atoms with E-state index in [1.54, 1.807) is 37.2 Å². The van der Waals surface area contributed by atoms with Crippen molar-refractivity contribution in [3.05, 3.63) is 29.7 Å². The average Bonchev–Trinajstić information content (AvgIpc) is 3.02. The first-order valence-electron chi connectivity index (χ1n) is 8.92. The molecule has 2 aromatic rings. The summed E-state index contributed by atoms with van der Waals surface area (Å²) >= 11 is 0. The zero-order chi connectivity index (χ0) is 19.4. The molecule has 1 amide bonds. The van der Waals surface area contributed by atoms with Gasteiger partial charge in [0.1, 0.15) is 5.56 Å². The van der Waals surface area contributed by atoms with E-state index in [2.05, 4.69) is 10.1 Å². The zero-order valence-electron chi connectivity index (χ0n) is 15.4. The van der Waals surface area contributed by atoms with Gasteiger partial charge in [-0.05, 0) is 32.8 Å². The Kier molecular flexibility index (Phi) is 5.68. The summed E-state index contributed by atoms with van der Waals surface area (Å²) in [5, 5.41) is 4.21. The second-order valence-corrected chi connectivity index (χ2v) is 6.33. The van der Waals surface area contributed by atoms with E-state index in [1.807, 2.05) is 0 Å². The van der Waals surface area contributed by atoms with Crippen LogP contribution in [0.2, 0.25) is 0 Å². The average molecular weight is 374 g/mol. The predicted octanol–water partition coefficient (Wildman–Crippen LogP) is 0.996. The molecule has 0 spiro atoms. The van der Waals surface area contributed by atoms with Gasteiger partial charge in [0.05, 0.1) is 18.2 Å². The fourth-order valence-electron chi connectivity index (χ4n) is 3.15. The largest absolute Gasteiger partial charge is 0.466 e. The summed E-state index contributed by atoms with van der Waals surface area (Å²) < 4.78 is 11.7. The molecule has 144 valence electrons. The molecule has 1 aliphatic rings. The maximum absolute atomic E-state index is 12.4. The van der Waals surface area contributed by atoms with Gasteiger partial charge in [-0.3, -0.25) is 9.59 Å². The van der Waals surface area contributed by atoms with Gasteiger partial charge in [-0.2, -0.15) is 5.10 Å². The molecule has 0 radical (unpaired) electrons. The van der Waals surface area contributed by atoms with Gasteiger partial charge < -0.3 is 14.4 Å². The van der Waals surface area contributed by atoms with Crippen molar-refractivity contribution in [3.63, 3.8) is 0 Å². The van der Waals surface area contributed by atoms with Crippen molar-refractivity contribution in [1.29, 1.82) is 0 Å². The number of ether oxygens (including phenoxy) is 2. The lowest BCUT2D eigenvalue weighted by Crippen LogP contribution is -2.42. The second kappa shape index (κ2) is 8.15. The van der Waals surface area contributed by atoms with Gasteiger partial charge in [0.2, 0.25) is 0 Å². The first kappa shape index (κ1) is 18.8. The van der Waals surface area contributed by atoms with Crippen molar-refractivity contribution in [2.75, 3.05) is 26.3 Å². The predicted molar refractivity (Wildman–Crippen MR) is 93.9 cm³/mol. The minimum atomic E-state index is -0.629. The molecule has 0 N–H and O–H groups in total. The summed E-state index contributed by atoms with van der Waals surface area (Å²) in [6.07, 6.45) is 4.35. The summed E-state index contributed by atoms with van der Waals surface area (Å²) in [5.74, 6) is -1.31. The molecule has 1 aliphatic heterocycles. The number of carbonyl (C=O) groups excluding carboxylic acids is 3. The molecule has 0 aliphatic carbocycles. The number of fused-ring (bicyclic) bond motifs is 1. The third-order valence-electron chi connectivity index (χ3n) is 4.57. The Morgan fingerprint density at radius 1 is 1.22 bits per heavy atom. The van der Waals surface area contributed by atoms with Crippen LogP contribution in [0.15, 0.2) is 18.5 Å². The van der Waals surface area contributed by atoms with Gasteiger partial charge in [-0.15, -0.1) is 0 Å². The van der Waals surface area contributed by atoms with E-state index in [-0.39, 0.29) is 30.0 Å². The molecule has 9 nitrogen and oxygen atoms in total. The highest BCUT2D eigenvalue weighted by atomic mass is 16.5. The van der Waals surface area contributed by atoms with Crippen LogP contribution in [0, 0.1) is 12.8 Å². The number of esters is 2. The Bertz CT molecular complexity index is 855. The molecule has 3 heterocycles. The fourth-order valence-corrected chi connectivity index (χ4v) is 3.15. The monoisotopic (exact) mass is 374 g/mol. The van der Waals surface area contributed by atoms with E-state index >= 15 is 0 Å². The van der Waals surface area contributed by atoms with Crippen molar-refractivity contribution in [1.82, 2.24) is 19.5 Å². The molecule has 1 fully saturated rings. The van der Waals surface area contributed by atoms with E-state index in [0.29, 0.717) is 43.9 Å². The lowest BCUT2D eigenvalue weighted by molar-refractivity contribution is -0.151. The Hall–Kier alpha value is -2.97. The van der Waals surface area contributed by atoms with Crippen molar-refractivity contribution in [2.24, 2.45) is 5.92 Å². The Morgan fingerprint density at radius 3 is 2.67 bits per heavy atom. The summed E-state index contributed by atoms with van der Waals surface area (Å²) in [6.45, 7) is 4.34. The maximum Gasteiger partial charge on any atom is 0.344 e. The Labute approximate surface area is 156 Å². The molecule has 3 rings (SSSR count). The molecule has 2 aromatic heterocycles. The van der Waals surface area contributed by atoms with Crippen LogP contribution in [0.3, 0.4) is 0 Å². The van der Waals surface area contributed by atoms with Crippen molar-refractivity contribution in [2.45, 2.75) is 26.7 Å². The van der Waals surface area contributed by atoms with Crippen molar-refractivity contribution < 1.29 is 23.9 Å². The number of aryl methyl sites for hydroxylation is 1. The normalized spacial score (nSPS) is 15.0. The highest BCUT2D eigenvalue weighted by Gasteiger charge is 2.29. The van der Waals surface area contributed by atoms with Crippen LogP contribution in [0.1, 0.15) is 35.8 Å². The van der Waals surface area contributed by atoms with E-state index in [1.165, 1.54) is 4.52 Å². The van der Waals surface area contributed by atoms with E-state index in [4.69, 9.17) is 9.47 Å². The van der Waals surface area contributed by atoms with Crippen LogP contribution < -0.4 is 0 Å². The Morgan fingerprint density at radius 2 is 1.96 bits per heavy atom. The van der Waals surface area contributed by atoms with Crippen LogP contribution >= 0.6 is 0 Å². The second-order valence-electron chi connectivity index (χ2n) is 6.33. The topological polar surface area (TPSA) is 103 Å². The third kappa shape index (κ3) is 4.07. The number of rotatable bonds is 5. The smallest absolute Gasteiger partial charge is 0.344 e. The molecule has 1 saturated heterocycles.